The lowest BCUT2D eigenvalue weighted by atomic mass is 10.3. The van der Waals surface area contributed by atoms with E-state index in [2.05, 4.69) is 4.98 Å². The maximum Gasteiger partial charge on any atom is 0.281 e. The predicted molar refractivity (Wildman–Crippen MR) is 42.2 cm³/mol. The molecule has 3 nitrogen and oxygen atoms in total. The second-order valence-electron chi connectivity index (χ2n) is 2.25. The molecular weight excluding hydrogens is 243 g/mol. The van der Waals surface area contributed by atoms with Crippen molar-refractivity contribution in [3.05, 3.63) is 23.8 Å². The van der Waals surface area contributed by atoms with Gasteiger partial charge in [-0.05, 0) is 6.07 Å². The second kappa shape index (κ2) is 3.74. The van der Waals surface area contributed by atoms with Crippen LogP contribution in [0.2, 0.25) is 0 Å². The normalized spacial score (nSPS) is 12.1. The first kappa shape index (κ1) is 11.3. The first-order valence-corrected chi connectivity index (χ1v) is 5.52. The molecule has 0 atom stereocenters. The molecule has 0 spiro atoms. The Morgan fingerprint density at radius 3 is 2.36 bits per heavy atom. The van der Waals surface area contributed by atoms with E-state index < -0.39 is 31.9 Å². The van der Waals surface area contributed by atoms with Gasteiger partial charge in [0.05, 0.1) is 0 Å². The summed E-state index contributed by atoms with van der Waals surface area (Å²) in [6, 6.07) is 0.640. The summed E-state index contributed by atoms with van der Waals surface area (Å²) in [5.41, 5.74) is -1.18. The Labute approximate surface area is 81.9 Å². The molecule has 1 rings (SSSR count). The van der Waals surface area contributed by atoms with Crippen LogP contribution < -0.4 is 0 Å². The molecular formula is C6H3ClF3NO2S. The molecule has 0 amide bonds. The van der Waals surface area contributed by atoms with Crippen LogP contribution in [0.15, 0.2) is 17.2 Å². The summed E-state index contributed by atoms with van der Waals surface area (Å²) in [6.07, 6.45) is -2.46. The van der Waals surface area contributed by atoms with E-state index in [1.54, 1.807) is 0 Å². The highest BCUT2D eigenvalue weighted by Crippen LogP contribution is 2.28. The minimum atomic E-state index is -4.55. The number of halogens is 4. The Kier molecular flexibility index (Phi) is 3.01. The molecule has 0 aliphatic heterocycles. The summed E-state index contributed by atoms with van der Waals surface area (Å²) < 4.78 is 58.7. The zero-order valence-electron chi connectivity index (χ0n) is 6.42. The van der Waals surface area contributed by atoms with Crippen molar-refractivity contribution in [1.29, 1.82) is 0 Å². The molecule has 0 radical (unpaired) electrons. The zero-order valence-corrected chi connectivity index (χ0v) is 7.99. The lowest BCUT2D eigenvalue weighted by molar-refractivity contribution is 0.141. The molecule has 0 fully saturated rings. The van der Waals surface area contributed by atoms with Gasteiger partial charge < -0.3 is 0 Å². The van der Waals surface area contributed by atoms with Crippen LogP contribution in [0.3, 0.4) is 0 Å². The van der Waals surface area contributed by atoms with Crippen LogP contribution >= 0.6 is 10.7 Å². The van der Waals surface area contributed by atoms with Gasteiger partial charge in [0.15, 0.2) is 0 Å². The van der Waals surface area contributed by atoms with E-state index in [1.807, 2.05) is 0 Å². The zero-order chi connectivity index (χ0) is 10.9. The molecule has 14 heavy (non-hydrogen) atoms. The Morgan fingerprint density at radius 2 is 2.00 bits per heavy atom. The molecule has 1 heterocycles. The highest BCUT2D eigenvalue weighted by molar-refractivity contribution is 8.13. The SMILES string of the molecule is O=S(=O)(Cl)c1c(F)ccnc1C(F)F. The summed E-state index contributed by atoms with van der Waals surface area (Å²) in [4.78, 5) is 1.78. The molecule has 0 aromatic carbocycles. The van der Waals surface area contributed by atoms with Crippen LogP contribution in [0.1, 0.15) is 12.1 Å². The van der Waals surface area contributed by atoms with Crippen molar-refractivity contribution in [3.8, 4) is 0 Å². The fourth-order valence-electron chi connectivity index (χ4n) is 0.836. The van der Waals surface area contributed by atoms with Crippen LogP contribution in [-0.4, -0.2) is 13.4 Å². The van der Waals surface area contributed by atoms with E-state index >= 15 is 0 Å². The predicted octanol–water partition coefficient (Wildman–Crippen LogP) is 2.09. The van der Waals surface area contributed by atoms with Gasteiger partial charge in [-0.15, -0.1) is 0 Å². The van der Waals surface area contributed by atoms with Crippen molar-refractivity contribution in [3.63, 3.8) is 0 Å². The third-order valence-electron chi connectivity index (χ3n) is 1.33. The number of rotatable bonds is 2. The van der Waals surface area contributed by atoms with E-state index in [1.165, 1.54) is 0 Å². The van der Waals surface area contributed by atoms with Gasteiger partial charge in [-0.1, -0.05) is 0 Å². The van der Waals surface area contributed by atoms with E-state index in [0.29, 0.717) is 6.07 Å². The molecule has 0 N–H and O–H groups in total. The van der Waals surface area contributed by atoms with Gasteiger partial charge in [0.1, 0.15) is 16.4 Å². The minimum Gasteiger partial charge on any atom is -0.254 e. The van der Waals surface area contributed by atoms with Crippen molar-refractivity contribution >= 4 is 19.7 Å². The van der Waals surface area contributed by atoms with Gasteiger partial charge in [-0.2, -0.15) is 0 Å². The smallest absolute Gasteiger partial charge is 0.254 e. The fraction of sp³-hybridized carbons (Fsp3) is 0.167. The topological polar surface area (TPSA) is 47.0 Å². The molecule has 0 unspecified atom stereocenters. The highest BCUT2D eigenvalue weighted by Gasteiger charge is 2.27. The maximum absolute atomic E-state index is 12.9. The molecule has 8 heteroatoms. The van der Waals surface area contributed by atoms with E-state index in [4.69, 9.17) is 10.7 Å². The summed E-state index contributed by atoms with van der Waals surface area (Å²) >= 11 is 0. The number of hydrogen-bond acceptors (Lipinski definition) is 3. The first-order valence-electron chi connectivity index (χ1n) is 3.21. The second-order valence-corrected chi connectivity index (χ2v) is 4.75. The molecule has 1 aromatic rings. The monoisotopic (exact) mass is 245 g/mol. The average molecular weight is 246 g/mol. The van der Waals surface area contributed by atoms with Crippen molar-refractivity contribution in [1.82, 2.24) is 4.98 Å². The van der Waals surface area contributed by atoms with Crippen LogP contribution in [0, 0.1) is 5.82 Å². The summed E-state index contributed by atoms with van der Waals surface area (Å²) in [5, 5.41) is 0. The third kappa shape index (κ3) is 2.16. The van der Waals surface area contributed by atoms with Crippen LogP contribution in [-0.2, 0) is 9.05 Å². The van der Waals surface area contributed by atoms with Crippen molar-refractivity contribution in [2.24, 2.45) is 0 Å². The largest absolute Gasteiger partial charge is 0.281 e. The number of hydrogen-bond donors (Lipinski definition) is 0. The average Bonchev–Trinajstić information content (AvgIpc) is 2.01. The minimum absolute atomic E-state index is 0.640. The molecule has 1 aromatic heterocycles. The number of alkyl halides is 2. The van der Waals surface area contributed by atoms with Crippen LogP contribution in [0.4, 0.5) is 13.2 Å². The molecule has 0 aliphatic rings. The van der Waals surface area contributed by atoms with Gasteiger partial charge in [0.25, 0.3) is 15.5 Å². The van der Waals surface area contributed by atoms with Gasteiger partial charge in [-0.25, -0.2) is 21.6 Å². The summed E-state index contributed by atoms with van der Waals surface area (Å²) in [7, 11) is 0.218. The Balaban J connectivity index is 3.54. The summed E-state index contributed by atoms with van der Waals surface area (Å²) in [5.74, 6) is -1.34. The standard InChI is InChI=1S/C6H3ClF3NO2S/c7-14(12,13)5-3(8)1-2-11-4(5)6(9)10/h1-2,6H. The van der Waals surface area contributed by atoms with Crippen molar-refractivity contribution in [2.75, 3.05) is 0 Å². The van der Waals surface area contributed by atoms with Gasteiger partial charge in [-0.3, -0.25) is 4.98 Å². The fourth-order valence-corrected chi connectivity index (χ4v) is 1.99. The lowest BCUT2D eigenvalue weighted by Gasteiger charge is -2.04. The molecule has 78 valence electrons. The van der Waals surface area contributed by atoms with E-state index in [0.717, 1.165) is 6.20 Å². The molecule has 0 saturated heterocycles. The number of pyridine rings is 1. The Hall–Kier alpha value is -0.820. The van der Waals surface area contributed by atoms with Crippen LogP contribution in [0.25, 0.3) is 0 Å². The lowest BCUT2D eigenvalue weighted by Crippen LogP contribution is -2.04. The van der Waals surface area contributed by atoms with Crippen molar-refractivity contribution in [2.45, 2.75) is 11.3 Å². The molecule has 0 saturated carbocycles. The first-order chi connectivity index (χ1) is 6.34. The number of nitrogens with zero attached hydrogens (tertiary/aromatic N) is 1. The third-order valence-corrected chi connectivity index (χ3v) is 2.69. The van der Waals surface area contributed by atoms with Crippen molar-refractivity contribution < 1.29 is 21.6 Å². The Morgan fingerprint density at radius 1 is 1.43 bits per heavy atom. The molecule has 0 bridgehead atoms. The maximum atomic E-state index is 12.9. The van der Waals surface area contributed by atoms with E-state index in [9.17, 15) is 21.6 Å². The highest BCUT2D eigenvalue weighted by atomic mass is 35.7. The summed E-state index contributed by atoms with van der Waals surface area (Å²) in [6.45, 7) is 0. The van der Waals surface area contributed by atoms with Gasteiger partial charge in [0, 0.05) is 16.9 Å². The quantitative estimate of drug-likeness (QED) is 0.750. The van der Waals surface area contributed by atoms with E-state index in [-0.39, 0.29) is 0 Å². The Bertz CT molecular complexity index is 448. The number of aromatic nitrogens is 1. The van der Waals surface area contributed by atoms with Crippen LogP contribution in [0.5, 0.6) is 0 Å². The van der Waals surface area contributed by atoms with Gasteiger partial charge in [0.2, 0.25) is 0 Å². The molecule has 0 aliphatic carbocycles. The van der Waals surface area contributed by atoms with Gasteiger partial charge >= 0.3 is 0 Å².